The van der Waals surface area contributed by atoms with E-state index >= 15 is 0 Å². The van der Waals surface area contributed by atoms with Crippen LogP contribution in [0.3, 0.4) is 0 Å². The van der Waals surface area contributed by atoms with Gasteiger partial charge in [0.25, 0.3) is 0 Å². The third kappa shape index (κ3) is 5.15. The Morgan fingerprint density at radius 1 is 0.947 bits per heavy atom. The first kappa shape index (κ1) is 19.1. The second-order valence-corrected chi connectivity index (χ2v) is 19.2. The van der Waals surface area contributed by atoms with Gasteiger partial charge in [-0.25, -0.2) is 0 Å². The van der Waals surface area contributed by atoms with Gasteiger partial charge in [-0.05, 0) is 52.6 Å². The number of rotatable bonds is 8. The Bertz CT molecular complexity index is 338. The van der Waals surface area contributed by atoms with E-state index in [4.69, 9.17) is 8.54 Å². The molecule has 0 fully saturated rings. The lowest BCUT2D eigenvalue weighted by Crippen LogP contribution is -2.62. The molecule has 0 aromatic rings. The SMILES string of the molecule is C=C[Si](C)(C)OC(C)(CC)[Si](C)(C)O[Si](C)(C)C=C. The van der Waals surface area contributed by atoms with Crippen molar-refractivity contribution in [3.8, 4) is 0 Å². The topological polar surface area (TPSA) is 18.5 Å². The van der Waals surface area contributed by atoms with E-state index in [1.807, 2.05) is 11.4 Å². The molecule has 0 rings (SSSR count). The van der Waals surface area contributed by atoms with E-state index in [9.17, 15) is 0 Å². The van der Waals surface area contributed by atoms with Crippen LogP contribution in [0.15, 0.2) is 24.6 Å². The molecule has 0 aliphatic heterocycles. The van der Waals surface area contributed by atoms with Gasteiger partial charge in [-0.2, -0.15) is 0 Å². The van der Waals surface area contributed by atoms with E-state index in [1.165, 1.54) is 0 Å². The number of hydrogen-bond acceptors (Lipinski definition) is 2. The van der Waals surface area contributed by atoms with Crippen molar-refractivity contribution in [2.75, 3.05) is 0 Å². The summed E-state index contributed by atoms with van der Waals surface area (Å²) in [5.74, 6) is 0. The summed E-state index contributed by atoms with van der Waals surface area (Å²) >= 11 is 0. The minimum atomic E-state index is -1.98. The molecule has 112 valence electrons. The zero-order valence-corrected chi connectivity index (χ0v) is 17.1. The minimum Gasteiger partial charge on any atom is -0.451 e. The third-order valence-corrected chi connectivity index (χ3v) is 14.2. The zero-order valence-electron chi connectivity index (χ0n) is 14.1. The molecule has 2 nitrogen and oxygen atoms in total. The van der Waals surface area contributed by atoms with Gasteiger partial charge in [0, 0.05) is 0 Å². The van der Waals surface area contributed by atoms with E-state index in [2.05, 4.69) is 66.3 Å². The van der Waals surface area contributed by atoms with Crippen LogP contribution in [0.1, 0.15) is 20.3 Å². The highest BCUT2D eigenvalue weighted by Crippen LogP contribution is 2.34. The smallest absolute Gasteiger partial charge is 0.211 e. The van der Waals surface area contributed by atoms with Crippen molar-refractivity contribution in [2.24, 2.45) is 0 Å². The summed E-state index contributed by atoms with van der Waals surface area (Å²) in [5.41, 5.74) is 4.01. The maximum atomic E-state index is 6.54. The highest BCUT2D eigenvalue weighted by molar-refractivity contribution is 6.89. The van der Waals surface area contributed by atoms with Crippen molar-refractivity contribution in [3.63, 3.8) is 0 Å². The van der Waals surface area contributed by atoms with Crippen LogP contribution in [0.2, 0.25) is 39.3 Å². The highest BCUT2D eigenvalue weighted by atomic mass is 28.4. The van der Waals surface area contributed by atoms with E-state index < -0.39 is 25.0 Å². The van der Waals surface area contributed by atoms with Gasteiger partial charge >= 0.3 is 0 Å². The van der Waals surface area contributed by atoms with Crippen molar-refractivity contribution in [3.05, 3.63) is 24.6 Å². The van der Waals surface area contributed by atoms with Crippen LogP contribution >= 0.6 is 0 Å². The largest absolute Gasteiger partial charge is 0.451 e. The molecule has 0 spiro atoms. The third-order valence-electron chi connectivity index (χ3n) is 3.94. The summed E-state index contributed by atoms with van der Waals surface area (Å²) in [6.45, 7) is 25.6. The maximum absolute atomic E-state index is 6.54. The van der Waals surface area contributed by atoms with Gasteiger partial charge in [-0.15, -0.1) is 13.2 Å². The fraction of sp³-hybridized carbons (Fsp3) is 0.714. The molecule has 1 unspecified atom stereocenters. The standard InChI is InChI=1S/C14H32O2Si3/c1-11-14(4,15-17(5,6)12-2)19(9,10)16-18(7,8)13-3/h12-13H,2-3,11H2,1,4-10H3. The van der Waals surface area contributed by atoms with Gasteiger partial charge < -0.3 is 8.54 Å². The quantitative estimate of drug-likeness (QED) is 0.599. The molecule has 0 saturated heterocycles. The first-order chi connectivity index (χ1) is 8.35. The predicted octanol–water partition coefficient (Wildman–Crippen LogP) is 4.79. The fourth-order valence-corrected chi connectivity index (χ4v) is 12.5. The summed E-state index contributed by atoms with van der Waals surface area (Å²) in [6.07, 6.45) is 0.970. The molecule has 0 aliphatic carbocycles. The summed E-state index contributed by atoms with van der Waals surface area (Å²) in [5, 5.41) is -0.176. The molecule has 0 amide bonds. The molecule has 1 atom stereocenters. The van der Waals surface area contributed by atoms with Gasteiger partial charge in [0.1, 0.15) is 0 Å². The van der Waals surface area contributed by atoms with Gasteiger partial charge in [0.15, 0.2) is 8.32 Å². The lowest BCUT2D eigenvalue weighted by atomic mass is 10.3. The average Bonchev–Trinajstić information content (AvgIpc) is 2.27. The second-order valence-electron chi connectivity index (χ2n) is 6.91. The molecule has 0 heterocycles. The Morgan fingerprint density at radius 2 is 1.37 bits per heavy atom. The average molecular weight is 317 g/mol. The lowest BCUT2D eigenvalue weighted by molar-refractivity contribution is 0.136. The van der Waals surface area contributed by atoms with Gasteiger partial charge in [0.05, 0.1) is 5.22 Å². The lowest BCUT2D eigenvalue weighted by Gasteiger charge is -2.48. The first-order valence-electron chi connectivity index (χ1n) is 7.02. The van der Waals surface area contributed by atoms with E-state index in [0.29, 0.717) is 0 Å². The predicted molar refractivity (Wildman–Crippen MR) is 93.7 cm³/mol. The molecular formula is C14H32O2Si3. The first-order valence-corrected chi connectivity index (χ1v) is 15.9. The number of hydrogen-bond donors (Lipinski definition) is 0. The van der Waals surface area contributed by atoms with Crippen LogP contribution in [0.4, 0.5) is 0 Å². The van der Waals surface area contributed by atoms with Crippen LogP contribution in [-0.2, 0) is 8.54 Å². The Morgan fingerprint density at radius 3 is 1.68 bits per heavy atom. The summed E-state index contributed by atoms with van der Waals surface area (Å²) in [7, 11) is -5.59. The van der Waals surface area contributed by atoms with Crippen molar-refractivity contribution < 1.29 is 8.54 Å². The zero-order chi connectivity index (χ0) is 15.5. The van der Waals surface area contributed by atoms with Gasteiger partial charge in [-0.1, -0.05) is 18.3 Å². The molecule has 0 N–H and O–H groups in total. The Kier molecular flexibility index (Phi) is 6.23. The second kappa shape index (κ2) is 6.22. The monoisotopic (exact) mass is 316 g/mol. The van der Waals surface area contributed by atoms with Crippen LogP contribution in [0.25, 0.3) is 0 Å². The van der Waals surface area contributed by atoms with Crippen LogP contribution in [-0.4, -0.2) is 30.2 Å². The maximum Gasteiger partial charge on any atom is 0.211 e. The van der Waals surface area contributed by atoms with Crippen LogP contribution < -0.4 is 0 Å². The molecule has 0 bridgehead atoms. The molecular weight excluding hydrogens is 284 g/mol. The fourth-order valence-electron chi connectivity index (χ4n) is 2.05. The molecule has 0 saturated carbocycles. The molecule has 5 heteroatoms. The molecule has 19 heavy (non-hydrogen) atoms. The Hall–Kier alpha value is 0.0506. The van der Waals surface area contributed by atoms with Gasteiger partial charge in [0.2, 0.25) is 16.6 Å². The van der Waals surface area contributed by atoms with Gasteiger partial charge in [-0.3, -0.25) is 0 Å². The minimum absolute atomic E-state index is 0.176. The van der Waals surface area contributed by atoms with E-state index in [1.54, 1.807) is 0 Å². The summed E-state index contributed by atoms with van der Waals surface area (Å²) in [6, 6.07) is 0. The van der Waals surface area contributed by atoms with Crippen LogP contribution in [0, 0.1) is 0 Å². The van der Waals surface area contributed by atoms with Crippen LogP contribution in [0.5, 0.6) is 0 Å². The molecule has 0 aromatic carbocycles. The molecule has 0 radical (unpaired) electrons. The van der Waals surface area contributed by atoms with Crippen molar-refractivity contribution in [1.82, 2.24) is 0 Å². The van der Waals surface area contributed by atoms with Crippen molar-refractivity contribution in [1.29, 1.82) is 0 Å². The highest BCUT2D eigenvalue weighted by Gasteiger charge is 2.49. The Balaban J connectivity index is 5.30. The van der Waals surface area contributed by atoms with E-state index in [-0.39, 0.29) is 5.22 Å². The normalized spacial score (nSPS) is 16.8. The molecule has 0 aromatic heterocycles. The van der Waals surface area contributed by atoms with Crippen molar-refractivity contribution >= 4 is 25.0 Å². The summed E-state index contributed by atoms with van der Waals surface area (Å²) in [4.78, 5) is 0. The van der Waals surface area contributed by atoms with E-state index in [0.717, 1.165) is 6.42 Å². The Labute approximate surface area is 123 Å². The van der Waals surface area contributed by atoms with Crippen molar-refractivity contribution in [2.45, 2.75) is 64.8 Å². The molecule has 0 aliphatic rings. The summed E-state index contributed by atoms with van der Waals surface area (Å²) < 4.78 is 13.1.